The summed E-state index contributed by atoms with van der Waals surface area (Å²) in [6, 6.07) is 2.90. The van der Waals surface area contributed by atoms with Gasteiger partial charge in [0.05, 0.1) is 23.7 Å². The van der Waals surface area contributed by atoms with Crippen LogP contribution < -0.4 is 10.6 Å². The number of hydrogen-bond acceptors (Lipinski definition) is 6. The third kappa shape index (κ3) is 4.06. The molecule has 2 N–H and O–H groups in total. The number of ether oxygens (including phenoxy) is 1. The third-order valence-corrected chi connectivity index (χ3v) is 2.98. The summed E-state index contributed by atoms with van der Waals surface area (Å²) in [4.78, 5) is 16.5. The molecule has 1 atom stereocenters. The molecule has 0 aromatic carbocycles. The van der Waals surface area contributed by atoms with Crippen molar-refractivity contribution in [3.63, 3.8) is 0 Å². The Morgan fingerprint density at radius 1 is 1.58 bits per heavy atom. The van der Waals surface area contributed by atoms with Gasteiger partial charge in [0.2, 0.25) is 0 Å². The van der Waals surface area contributed by atoms with Gasteiger partial charge in [-0.1, -0.05) is 6.92 Å². The summed E-state index contributed by atoms with van der Waals surface area (Å²) in [7, 11) is 1.62. The number of nitrogen functional groups attached to an aromatic ring is 1. The predicted molar refractivity (Wildman–Crippen MR) is 74.3 cm³/mol. The molecule has 7 heteroatoms. The van der Waals surface area contributed by atoms with Gasteiger partial charge in [-0.15, -0.1) is 0 Å². The fourth-order valence-electron chi connectivity index (χ4n) is 1.75. The third-order valence-electron chi connectivity index (χ3n) is 2.98. The SMILES string of the molecule is CCC(C)N(CCOC)c1cc([N+](=O)[O-])cc(N)n1. The van der Waals surface area contributed by atoms with E-state index in [1.54, 1.807) is 7.11 Å². The molecule has 0 fully saturated rings. The Labute approximate surface area is 112 Å². The molecule has 0 saturated heterocycles. The first kappa shape index (κ1) is 15.2. The molecular formula is C12H20N4O3. The molecule has 19 heavy (non-hydrogen) atoms. The molecule has 1 aromatic heterocycles. The van der Waals surface area contributed by atoms with Crippen LogP contribution in [0, 0.1) is 10.1 Å². The van der Waals surface area contributed by atoms with Crippen LogP contribution in [0.3, 0.4) is 0 Å². The minimum Gasteiger partial charge on any atom is -0.383 e. The molecule has 0 bridgehead atoms. The molecule has 1 unspecified atom stereocenters. The van der Waals surface area contributed by atoms with Gasteiger partial charge in [-0.3, -0.25) is 10.1 Å². The number of nitrogens with two attached hydrogens (primary N) is 1. The highest BCUT2D eigenvalue weighted by atomic mass is 16.6. The average Bonchev–Trinajstić information content (AvgIpc) is 2.38. The van der Waals surface area contributed by atoms with Crippen LogP contribution in [0.5, 0.6) is 0 Å². The molecule has 106 valence electrons. The minimum absolute atomic E-state index is 0.0479. The first-order valence-electron chi connectivity index (χ1n) is 6.17. The lowest BCUT2D eigenvalue weighted by Gasteiger charge is -2.29. The Bertz CT molecular complexity index is 439. The zero-order valence-corrected chi connectivity index (χ0v) is 11.5. The summed E-state index contributed by atoms with van der Waals surface area (Å²) in [5, 5.41) is 10.9. The molecular weight excluding hydrogens is 248 g/mol. The predicted octanol–water partition coefficient (Wildman–Crippen LogP) is 1.82. The molecule has 7 nitrogen and oxygen atoms in total. The Hall–Kier alpha value is -1.89. The number of aromatic nitrogens is 1. The largest absolute Gasteiger partial charge is 0.383 e. The standard InChI is InChI=1S/C12H20N4O3/c1-4-9(2)15(5-6-19-3)12-8-10(16(17)18)7-11(13)14-12/h7-9H,4-6H2,1-3H3,(H2,13,14). The second kappa shape index (κ2) is 6.89. The van der Waals surface area contributed by atoms with E-state index >= 15 is 0 Å². The summed E-state index contributed by atoms with van der Waals surface area (Å²) in [5.74, 6) is 0.660. The second-order valence-electron chi connectivity index (χ2n) is 4.31. The van der Waals surface area contributed by atoms with Crippen molar-refractivity contribution in [2.24, 2.45) is 0 Å². The summed E-state index contributed by atoms with van der Waals surface area (Å²) < 4.78 is 5.06. The monoisotopic (exact) mass is 268 g/mol. The van der Waals surface area contributed by atoms with Gasteiger partial charge < -0.3 is 15.4 Å². The van der Waals surface area contributed by atoms with E-state index in [1.165, 1.54) is 12.1 Å². The van der Waals surface area contributed by atoms with Crippen molar-refractivity contribution in [1.82, 2.24) is 4.98 Å². The summed E-state index contributed by atoms with van der Waals surface area (Å²) in [5.41, 5.74) is 5.58. The van der Waals surface area contributed by atoms with E-state index < -0.39 is 4.92 Å². The van der Waals surface area contributed by atoms with Crippen molar-refractivity contribution in [2.45, 2.75) is 26.3 Å². The van der Waals surface area contributed by atoms with Gasteiger partial charge in [-0.25, -0.2) is 4.98 Å². The van der Waals surface area contributed by atoms with Crippen molar-refractivity contribution in [3.05, 3.63) is 22.2 Å². The highest BCUT2D eigenvalue weighted by Gasteiger charge is 2.18. The van der Waals surface area contributed by atoms with E-state index in [9.17, 15) is 10.1 Å². The average molecular weight is 268 g/mol. The van der Waals surface area contributed by atoms with Crippen molar-refractivity contribution in [2.75, 3.05) is 30.9 Å². The number of nitrogens with zero attached hydrogens (tertiary/aromatic N) is 3. The van der Waals surface area contributed by atoms with Crippen molar-refractivity contribution in [1.29, 1.82) is 0 Å². The topological polar surface area (TPSA) is 94.5 Å². The number of methoxy groups -OCH3 is 1. The highest BCUT2D eigenvalue weighted by molar-refractivity contribution is 5.54. The zero-order valence-electron chi connectivity index (χ0n) is 11.5. The Balaban J connectivity index is 3.10. The van der Waals surface area contributed by atoms with Crippen LogP contribution in [-0.2, 0) is 4.74 Å². The number of nitro groups is 1. The molecule has 1 rings (SSSR count). The van der Waals surface area contributed by atoms with Gasteiger partial charge in [-0.2, -0.15) is 0 Å². The lowest BCUT2D eigenvalue weighted by atomic mass is 10.2. The Morgan fingerprint density at radius 2 is 2.26 bits per heavy atom. The van der Waals surface area contributed by atoms with Gasteiger partial charge in [0.25, 0.3) is 5.69 Å². The first-order chi connectivity index (χ1) is 8.99. The van der Waals surface area contributed by atoms with Crippen molar-refractivity contribution < 1.29 is 9.66 Å². The number of hydrogen-bond donors (Lipinski definition) is 1. The minimum atomic E-state index is -0.466. The fraction of sp³-hybridized carbons (Fsp3) is 0.583. The van der Waals surface area contributed by atoms with E-state index in [0.29, 0.717) is 19.0 Å². The summed E-state index contributed by atoms with van der Waals surface area (Å²) in [6.07, 6.45) is 0.897. The zero-order chi connectivity index (χ0) is 14.4. The molecule has 0 radical (unpaired) electrons. The first-order valence-corrected chi connectivity index (χ1v) is 6.17. The van der Waals surface area contributed by atoms with Crippen LogP contribution in [0.2, 0.25) is 0 Å². The second-order valence-corrected chi connectivity index (χ2v) is 4.31. The number of anilines is 2. The molecule has 1 aromatic rings. The van der Waals surface area contributed by atoms with E-state index in [2.05, 4.69) is 4.98 Å². The Kier molecular flexibility index (Phi) is 5.50. The van der Waals surface area contributed by atoms with E-state index in [0.717, 1.165) is 6.42 Å². The van der Waals surface area contributed by atoms with Crippen molar-refractivity contribution >= 4 is 17.3 Å². The Morgan fingerprint density at radius 3 is 2.79 bits per heavy atom. The van der Waals surface area contributed by atoms with Crippen LogP contribution in [-0.4, -0.2) is 36.2 Å². The van der Waals surface area contributed by atoms with Crippen LogP contribution in [0.4, 0.5) is 17.3 Å². The molecule has 0 aliphatic heterocycles. The van der Waals surface area contributed by atoms with E-state index in [4.69, 9.17) is 10.5 Å². The lowest BCUT2D eigenvalue weighted by Crippen LogP contribution is -2.36. The normalized spacial score (nSPS) is 12.2. The van der Waals surface area contributed by atoms with Gasteiger partial charge >= 0.3 is 0 Å². The van der Waals surface area contributed by atoms with Gasteiger partial charge in [-0.05, 0) is 13.3 Å². The number of pyridine rings is 1. The van der Waals surface area contributed by atoms with Crippen molar-refractivity contribution in [3.8, 4) is 0 Å². The molecule has 0 saturated carbocycles. The molecule has 0 aliphatic rings. The summed E-state index contributed by atoms with van der Waals surface area (Å²) >= 11 is 0. The van der Waals surface area contributed by atoms with Gasteiger partial charge in [0.15, 0.2) is 0 Å². The van der Waals surface area contributed by atoms with E-state index in [1.807, 2.05) is 18.7 Å². The maximum Gasteiger partial charge on any atom is 0.276 e. The van der Waals surface area contributed by atoms with Crippen LogP contribution in [0.1, 0.15) is 20.3 Å². The lowest BCUT2D eigenvalue weighted by molar-refractivity contribution is -0.384. The quantitative estimate of drug-likeness (QED) is 0.598. The fourth-order valence-corrected chi connectivity index (χ4v) is 1.75. The van der Waals surface area contributed by atoms with E-state index in [-0.39, 0.29) is 17.5 Å². The molecule has 0 spiro atoms. The summed E-state index contributed by atoms with van der Waals surface area (Å²) in [6.45, 7) is 5.21. The van der Waals surface area contributed by atoms with Crippen LogP contribution in [0.25, 0.3) is 0 Å². The van der Waals surface area contributed by atoms with Gasteiger partial charge in [0.1, 0.15) is 11.6 Å². The molecule has 0 amide bonds. The number of rotatable bonds is 7. The van der Waals surface area contributed by atoms with Crippen LogP contribution >= 0.6 is 0 Å². The molecule has 0 aliphatic carbocycles. The maximum absolute atomic E-state index is 10.9. The van der Waals surface area contributed by atoms with Crippen LogP contribution in [0.15, 0.2) is 12.1 Å². The smallest absolute Gasteiger partial charge is 0.276 e. The maximum atomic E-state index is 10.9. The molecule has 1 heterocycles. The van der Waals surface area contributed by atoms with Gasteiger partial charge in [0, 0.05) is 19.7 Å². The highest BCUT2D eigenvalue weighted by Crippen LogP contribution is 2.23.